The first-order valence-corrected chi connectivity index (χ1v) is 9.72. The van der Waals surface area contributed by atoms with E-state index in [-0.39, 0.29) is 5.92 Å². The van der Waals surface area contributed by atoms with Crippen LogP contribution in [0.1, 0.15) is 53.1 Å². The van der Waals surface area contributed by atoms with E-state index in [4.69, 9.17) is 4.52 Å². The van der Waals surface area contributed by atoms with E-state index < -0.39 is 10.0 Å². The van der Waals surface area contributed by atoms with E-state index in [0.29, 0.717) is 29.8 Å². The molecule has 2 aliphatic rings. The fourth-order valence-electron chi connectivity index (χ4n) is 3.41. The second-order valence-corrected chi connectivity index (χ2v) is 8.89. The summed E-state index contributed by atoms with van der Waals surface area (Å²) in [5.74, 6) is 1.79. The third-order valence-corrected chi connectivity index (χ3v) is 6.94. The summed E-state index contributed by atoms with van der Waals surface area (Å²) in [6.45, 7) is 6.49. The molecular formula is C17H21N3O3S. The Hall–Kier alpha value is -1.73. The lowest BCUT2D eigenvalue weighted by Crippen LogP contribution is -2.48. The predicted octanol–water partition coefficient (Wildman–Crippen LogP) is 2.66. The van der Waals surface area contributed by atoms with Crippen molar-refractivity contribution >= 4 is 10.0 Å². The van der Waals surface area contributed by atoms with Crippen LogP contribution in [-0.4, -0.2) is 36.0 Å². The highest BCUT2D eigenvalue weighted by molar-refractivity contribution is 7.89. The van der Waals surface area contributed by atoms with Gasteiger partial charge in [0.1, 0.15) is 0 Å². The Morgan fingerprint density at radius 2 is 1.71 bits per heavy atom. The second-order valence-electron chi connectivity index (χ2n) is 7.01. The van der Waals surface area contributed by atoms with Crippen LogP contribution >= 0.6 is 0 Å². The van der Waals surface area contributed by atoms with E-state index in [1.54, 1.807) is 0 Å². The molecule has 24 heavy (non-hydrogen) atoms. The van der Waals surface area contributed by atoms with Crippen LogP contribution in [0.25, 0.3) is 0 Å². The van der Waals surface area contributed by atoms with E-state index in [0.717, 1.165) is 35.4 Å². The third-order valence-electron chi connectivity index (χ3n) is 4.80. The molecule has 0 atom stereocenters. The van der Waals surface area contributed by atoms with Crippen LogP contribution in [-0.2, 0) is 10.0 Å². The molecule has 2 heterocycles. The molecule has 1 aliphatic carbocycles. The van der Waals surface area contributed by atoms with Crippen molar-refractivity contribution in [1.82, 2.24) is 14.4 Å². The van der Waals surface area contributed by atoms with Gasteiger partial charge in [0, 0.05) is 19.0 Å². The molecule has 0 unspecified atom stereocenters. The summed E-state index contributed by atoms with van der Waals surface area (Å²) < 4.78 is 32.7. The highest BCUT2D eigenvalue weighted by Gasteiger charge is 2.42. The van der Waals surface area contributed by atoms with Gasteiger partial charge in [-0.15, -0.1) is 0 Å². The molecular weight excluding hydrogens is 326 g/mol. The Morgan fingerprint density at radius 3 is 2.29 bits per heavy atom. The number of aryl methyl sites for hydroxylation is 3. The molecule has 2 fully saturated rings. The molecule has 6 nitrogen and oxygen atoms in total. The molecule has 1 aromatic heterocycles. The van der Waals surface area contributed by atoms with Gasteiger partial charge in [-0.3, -0.25) is 0 Å². The summed E-state index contributed by atoms with van der Waals surface area (Å²) in [4.78, 5) is 4.86. The van der Waals surface area contributed by atoms with Crippen LogP contribution in [0.15, 0.2) is 21.6 Å². The van der Waals surface area contributed by atoms with Crippen molar-refractivity contribution in [3.05, 3.63) is 40.5 Å². The maximum Gasteiger partial charge on any atom is 0.243 e. The molecule has 2 aromatic rings. The van der Waals surface area contributed by atoms with Crippen LogP contribution in [0.3, 0.4) is 0 Å². The minimum absolute atomic E-state index is 0.00540. The summed E-state index contributed by atoms with van der Waals surface area (Å²) in [5.41, 5.74) is 2.67. The number of benzene rings is 1. The van der Waals surface area contributed by atoms with Crippen LogP contribution in [0.2, 0.25) is 0 Å². The number of hydrogen-bond acceptors (Lipinski definition) is 5. The van der Waals surface area contributed by atoms with Crippen molar-refractivity contribution in [3.8, 4) is 0 Å². The molecule has 7 heteroatoms. The number of aromatic nitrogens is 2. The van der Waals surface area contributed by atoms with E-state index in [2.05, 4.69) is 10.1 Å². The minimum atomic E-state index is -3.47. The Labute approximate surface area is 141 Å². The quantitative estimate of drug-likeness (QED) is 0.850. The summed E-state index contributed by atoms with van der Waals surface area (Å²) >= 11 is 0. The third kappa shape index (κ3) is 2.56. The first-order chi connectivity index (χ1) is 11.4. The van der Waals surface area contributed by atoms with Gasteiger partial charge in [0.05, 0.1) is 10.8 Å². The topological polar surface area (TPSA) is 76.3 Å². The lowest BCUT2D eigenvalue weighted by molar-refractivity contribution is 0.216. The summed E-state index contributed by atoms with van der Waals surface area (Å²) in [5, 5.41) is 4.01. The van der Waals surface area contributed by atoms with Crippen molar-refractivity contribution in [2.45, 2.75) is 50.3 Å². The zero-order valence-electron chi connectivity index (χ0n) is 14.1. The van der Waals surface area contributed by atoms with Gasteiger partial charge < -0.3 is 4.52 Å². The number of sulfonamides is 1. The average Bonchev–Trinajstić information content (AvgIpc) is 3.15. The van der Waals surface area contributed by atoms with Crippen LogP contribution in [0.4, 0.5) is 0 Å². The zero-order valence-corrected chi connectivity index (χ0v) is 14.9. The summed E-state index contributed by atoms with van der Waals surface area (Å²) in [6, 6.07) is 3.83. The molecule has 0 radical (unpaired) electrons. The van der Waals surface area contributed by atoms with Gasteiger partial charge in [0.2, 0.25) is 15.9 Å². The Kier molecular flexibility index (Phi) is 3.54. The second kappa shape index (κ2) is 5.39. The Bertz CT molecular complexity index is 871. The van der Waals surface area contributed by atoms with Gasteiger partial charge in [0.15, 0.2) is 5.82 Å². The molecule has 1 aromatic carbocycles. The fraction of sp³-hybridized carbons (Fsp3) is 0.529. The number of hydrogen-bond donors (Lipinski definition) is 0. The Morgan fingerprint density at radius 1 is 1.08 bits per heavy atom. The number of nitrogens with zero attached hydrogens (tertiary/aromatic N) is 3. The zero-order chi connectivity index (χ0) is 17.1. The first-order valence-electron chi connectivity index (χ1n) is 8.28. The molecule has 1 aliphatic heterocycles. The van der Waals surface area contributed by atoms with Crippen LogP contribution in [0.5, 0.6) is 0 Å². The lowest BCUT2D eigenvalue weighted by atomic mass is 10.0. The molecule has 0 amide bonds. The highest BCUT2D eigenvalue weighted by Crippen LogP contribution is 2.40. The first kappa shape index (κ1) is 15.8. The SMILES string of the molecule is Cc1cc(C)c(S(=O)(=O)N2CC(c3nc(C4CC4)no3)C2)c(C)c1. The molecule has 128 valence electrons. The monoisotopic (exact) mass is 347 g/mol. The van der Waals surface area contributed by atoms with E-state index in [1.807, 2.05) is 32.9 Å². The standard InChI is InChI=1S/C17H21N3O3S/c1-10-6-11(2)15(12(3)7-10)24(21,22)20-8-14(9-20)17-18-16(19-23-17)13-4-5-13/h6-7,13-14H,4-5,8-9H2,1-3H3. The summed E-state index contributed by atoms with van der Waals surface area (Å²) in [6.07, 6.45) is 2.24. The highest BCUT2D eigenvalue weighted by atomic mass is 32.2. The number of rotatable bonds is 4. The minimum Gasteiger partial charge on any atom is -0.339 e. The van der Waals surface area contributed by atoms with Crippen LogP contribution in [0, 0.1) is 20.8 Å². The molecule has 4 rings (SSSR count). The van der Waals surface area contributed by atoms with Gasteiger partial charge in [-0.25, -0.2) is 8.42 Å². The molecule has 1 saturated heterocycles. The lowest BCUT2D eigenvalue weighted by Gasteiger charge is -2.36. The van der Waals surface area contributed by atoms with Gasteiger partial charge in [-0.1, -0.05) is 22.9 Å². The van der Waals surface area contributed by atoms with E-state index in [1.165, 1.54) is 4.31 Å². The van der Waals surface area contributed by atoms with Crippen molar-refractivity contribution in [3.63, 3.8) is 0 Å². The molecule has 0 N–H and O–H groups in total. The smallest absolute Gasteiger partial charge is 0.243 e. The van der Waals surface area contributed by atoms with Crippen LogP contribution < -0.4 is 0 Å². The molecule has 1 saturated carbocycles. The largest absolute Gasteiger partial charge is 0.339 e. The van der Waals surface area contributed by atoms with Gasteiger partial charge in [0.25, 0.3) is 0 Å². The van der Waals surface area contributed by atoms with Crippen molar-refractivity contribution in [2.24, 2.45) is 0 Å². The maximum absolute atomic E-state index is 12.9. The van der Waals surface area contributed by atoms with E-state index in [9.17, 15) is 8.42 Å². The Balaban J connectivity index is 1.53. The van der Waals surface area contributed by atoms with Gasteiger partial charge >= 0.3 is 0 Å². The fourth-order valence-corrected chi connectivity index (χ4v) is 5.36. The van der Waals surface area contributed by atoms with Gasteiger partial charge in [-0.2, -0.15) is 9.29 Å². The van der Waals surface area contributed by atoms with Crippen molar-refractivity contribution in [2.75, 3.05) is 13.1 Å². The normalized spacial score (nSPS) is 19.5. The van der Waals surface area contributed by atoms with Crippen molar-refractivity contribution < 1.29 is 12.9 Å². The van der Waals surface area contributed by atoms with Gasteiger partial charge in [-0.05, 0) is 44.7 Å². The van der Waals surface area contributed by atoms with E-state index >= 15 is 0 Å². The maximum atomic E-state index is 12.9. The van der Waals surface area contributed by atoms with Crippen molar-refractivity contribution in [1.29, 1.82) is 0 Å². The average molecular weight is 347 g/mol. The molecule has 0 spiro atoms. The molecule has 0 bridgehead atoms. The predicted molar refractivity (Wildman–Crippen MR) is 88.4 cm³/mol. The summed E-state index contributed by atoms with van der Waals surface area (Å²) in [7, 11) is -3.47.